The van der Waals surface area contributed by atoms with Crippen LogP contribution in [-0.4, -0.2) is 52.4 Å². The molecule has 7 nitrogen and oxygen atoms in total. The fourth-order valence-corrected chi connectivity index (χ4v) is 4.77. The van der Waals surface area contributed by atoms with Gasteiger partial charge in [0.1, 0.15) is 18.5 Å². The lowest BCUT2D eigenvalue weighted by Gasteiger charge is -2.26. The quantitative estimate of drug-likeness (QED) is 0.525. The molecule has 0 bridgehead atoms. The first-order valence-electron chi connectivity index (χ1n) is 12.6. The number of hydrogen-bond acceptors (Lipinski definition) is 6. The third-order valence-electron chi connectivity index (χ3n) is 6.82. The summed E-state index contributed by atoms with van der Waals surface area (Å²) in [7, 11) is 0. The number of nitrogens with one attached hydrogen (secondary N) is 2. The Morgan fingerprint density at radius 3 is 2.81 bits per heavy atom. The third kappa shape index (κ3) is 6.17. The van der Waals surface area contributed by atoms with Gasteiger partial charge in [0.2, 0.25) is 0 Å². The zero-order valence-corrected chi connectivity index (χ0v) is 20.8. The number of benzene rings is 1. The number of ether oxygens (including phenoxy) is 1. The summed E-state index contributed by atoms with van der Waals surface area (Å²) in [6.07, 6.45) is 9.08. The van der Waals surface area contributed by atoms with Crippen molar-refractivity contribution in [2.45, 2.75) is 44.9 Å². The number of rotatable bonds is 9. The summed E-state index contributed by atoms with van der Waals surface area (Å²) >= 11 is 0. The molecular weight excluding hydrogens is 476 g/mol. The minimum atomic E-state index is -2.55. The van der Waals surface area contributed by atoms with Gasteiger partial charge in [-0.2, -0.15) is 0 Å². The Kier molecular flexibility index (Phi) is 7.23. The second-order valence-corrected chi connectivity index (χ2v) is 9.58. The smallest absolute Gasteiger partial charge is 0.261 e. The maximum atomic E-state index is 13.4. The summed E-state index contributed by atoms with van der Waals surface area (Å²) in [5.41, 5.74) is 4.23. The number of allylic oxidation sites excluding steroid dienone is 3. The van der Waals surface area contributed by atoms with Crippen LogP contribution in [0.5, 0.6) is 5.75 Å². The van der Waals surface area contributed by atoms with Crippen LogP contribution in [0.25, 0.3) is 0 Å². The molecule has 1 atom stereocenters. The summed E-state index contributed by atoms with van der Waals surface area (Å²) in [5.74, 6) is -2.09. The van der Waals surface area contributed by atoms with Crippen molar-refractivity contribution in [3.63, 3.8) is 0 Å². The van der Waals surface area contributed by atoms with Crippen molar-refractivity contribution in [1.29, 1.82) is 0 Å². The number of carbonyl (C=O) groups excluding carboxylic acids is 1. The van der Waals surface area contributed by atoms with E-state index in [2.05, 4.69) is 20.5 Å². The molecule has 0 spiro atoms. The Balaban J connectivity index is 1.13. The molecule has 4 heterocycles. The predicted molar refractivity (Wildman–Crippen MR) is 136 cm³/mol. The topological polar surface area (TPSA) is 69.7 Å². The van der Waals surface area contributed by atoms with E-state index in [-0.39, 0.29) is 25.0 Å². The van der Waals surface area contributed by atoms with Crippen LogP contribution in [0, 0.1) is 0 Å². The molecule has 1 saturated heterocycles. The van der Waals surface area contributed by atoms with Crippen LogP contribution in [0.3, 0.4) is 0 Å². The molecular formula is C28H31F2N5O2. The van der Waals surface area contributed by atoms with Crippen LogP contribution in [0.2, 0.25) is 0 Å². The summed E-state index contributed by atoms with van der Waals surface area (Å²) in [6, 6.07) is 12.7. The maximum absolute atomic E-state index is 13.4. The highest BCUT2D eigenvalue weighted by atomic mass is 19.3. The first kappa shape index (κ1) is 25.0. The number of aromatic nitrogens is 1. The van der Waals surface area contributed by atoms with Crippen LogP contribution in [0.4, 0.5) is 8.78 Å². The average Bonchev–Trinajstić information content (AvgIpc) is 3.41. The van der Waals surface area contributed by atoms with Gasteiger partial charge < -0.3 is 20.3 Å². The van der Waals surface area contributed by atoms with Gasteiger partial charge in [-0.1, -0.05) is 6.07 Å². The van der Waals surface area contributed by atoms with E-state index in [1.165, 1.54) is 0 Å². The molecule has 0 radical (unpaired) electrons. The molecule has 0 aliphatic carbocycles. The molecule has 0 saturated carbocycles. The Morgan fingerprint density at radius 1 is 1.24 bits per heavy atom. The number of likely N-dealkylation sites (tertiary alicyclic amines) is 1. The molecule has 3 aliphatic heterocycles. The highest BCUT2D eigenvalue weighted by molar-refractivity contribution is 5.95. The fourth-order valence-electron chi connectivity index (χ4n) is 4.77. The van der Waals surface area contributed by atoms with Crippen molar-refractivity contribution >= 4 is 5.91 Å². The largest absolute Gasteiger partial charge is 0.487 e. The van der Waals surface area contributed by atoms with E-state index in [0.29, 0.717) is 36.7 Å². The highest BCUT2D eigenvalue weighted by Gasteiger charge is 2.37. The Hall–Kier alpha value is -3.72. The lowest BCUT2D eigenvalue weighted by Crippen LogP contribution is -2.36. The molecule has 5 rings (SSSR count). The number of fused-ring (bicyclic) bond motifs is 1. The van der Waals surface area contributed by atoms with Crippen LogP contribution in [0.1, 0.15) is 42.2 Å². The third-order valence-corrected chi connectivity index (χ3v) is 6.82. The van der Waals surface area contributed by atoms with Crippen molar-refractivity contribution in [3.05, 3.63) is 95.4 Å². The van der Waals surface area contributed by atoms with Gasteiger partial charge in [-0.25, -0.2) is 8.78 Å². The molecule has 1 amide bonds. The maximum Gasteiger partial charge on any atom is 0.261 e. The average molecular weight is 508 g/mol. The van der Waals surface area contributed by atoms with Gasteiger partial charge in [0, 0.05) is 42.3 Å². The predicted octanol–water partition coefficient (Wildman–Crippen LogP) is 4.39. The molecule has 1 fully saturated rings. The minimum Gasteiger partial charge on any atom is -0.487 e. The molecule has 2 aromatic rings. The molecule has 9 heteroatoms. The number of nitrogens with zero attached hydrogens (tertiary/aromatic N) is 3. The SMILES string of the molecule is CC1=C(CCCN2CCC(F)(F)C2)NC2C=CC(NC(=O)c3ccc(OCc4ccccn4)cc3)=CN12. The number of hydrogen-bond donors (Lipinski definition) is 2. The highest BCUT2D eigenvalue weighted by Crippen LogP contribution is 2.29. The van der Waals surface area contributed by atoms with E-state index in [0.717, 1.165) is 29.9 Å². The first-order valence-corrected chi connectivity index (χ1v) is 12.6. The van der Waals surface area contributed by atoms with Gasteiger partial charge in [0.25, 0.3) is 11.8 Å². The first-order chi connectivity index (χ1) is 17.9. The van der Waals surface area contributed by atoms with Crippen LogP contribution in [-0.2, 0) is 6.61 Å². The zero-order valence-electron chi connectivity index (χ0n) is 20.8. The number of pyridine rings is 1. The van der Waals surface area contributed by atoms with Crippen LogP contribution in [0.15, 0.2) is 84.1 Å². The van der Waals surface area contributed by atoms with Crippen LogP contribution < -0.4 is 15.4 Å². The summed E-state index contributed by atoms with van der Waals surface area (Å²) in [4.78, 5) is 21.0. The van der Waals surface area contributed by atoms with Crippen molar-refractivity contribution in [3.8, 4) is 5.75 Å². The minimum absolute atomic E-state index is 0.0118. The molecule has 1 unspecified atom stereocenters. The normalized spacial score (nSPS) is 20.5. The molecule has 1 aromatic heterocycles. The molecule has 1 aromatic carbocycles. The van der Waals surface area contributed by atoms with Crippen molar-refractivity contribution in [2.24, 2.45) is 0 Å². The monoisotopic (exact) mass is 507 g/mol. The van der Waals surface area contributed by atoms with E-state index in [1.54, 1.807) is 30.5 Å². The number of carbonyl (C=O) groups is 1. The lowest BCUT2D eigenvalue weighted by molar-refractivity contribution is 0.0121. The van der Waals surface area contributed by atoms with Crippen LogP contribution >= 0.6 is 0 Å². The Morgan fingerprint density at radius 2 is 2.08 bits per heavy atom. The van der Waals surface area contributed by atoms with Gasteiger partial charge >= 0.3 is 0 Å². The van der Waals surface area contributed by atoms with E-state index >= 15 is 0 Å². The number of halogens is 2. The lowest BCUT2D eigenvalue weighted by atomic mass is 10.2. The summed E-state index contributed by atoms with van der Waals surface area (Å²) in [6.45, 7) is 3.38. The Bertz CT molecular complexity index is 1210. The molecule has 3 aliphatic rings. The second-order valence-electron chi connectivity index (χ2n) is 9.58. The van der Waals surface area contributed by atoms with Gasteiger partial charge in [-0.3, -0.25) is 14.7 Å². The van der Waals surface area contributed by atoms with Crippen molar-refractivity contribution in [1.82, 2.24) is 25.4 Å². The van der Waals surface area contributed by atoms with E-state index in [1.807, 2.05) is 48.4 Å². The summed E-state index contributed by atoms with van der Waals surface area (Å²) < 4.78 is 32.6. The number of alkyl halides is 2. The summed E-state index contributed by atoms with van der Waals surface area (Å²) in [5, 5.41) is 6.46. The van der Waals surface area contributed by atoms with Gasteiger partial charge in [0.05, 0.1) is 17.9 Å². The zero-order chi connectivity index (χ0) is 25.8. The van der Waals surface area contributed by atoms with Gasteiger partial charge in [0.15, 0.2) is 0 Å². The van der Waals surface area contributed by atoms with Crippen molar-refractivity contribution < 1.29 is 18.3 Å². The Labute approximate surface area is 215 Å². The number of amides is 1. The molecule has 194 valence electrons. The molecule has 37 heavy (non-hydrogen) atoms. The van der Waals surface area contributed by atoms with Gasteiger partial charge in [-0.05, 0) is 74.9 Å². The van der Waals surface area contributed by atoms with Gasteiger partial charge in [-0.15, -0.1) is 0 Å². The van der Waals surface area contributed by atoms with E-state index < -0.39 is 5.92 Å². The standard InChI is InChI=1S/C28H31F2N5O2/c1-20-25(6-4-15-34-16-13-28(29,30)19-34)33-26-12-9-22(17-35(20)26)32-27(36)21-7-10-24(11-8-21)37-18-23-5-2-3-14-31-23/h2-3,5,7-12,14,17,26,33H,4,6,13,15-16,18-19H2,1H3,(H,32,36). The van der Waals surface area contributed by atoms with E-state index in [4.69, 9.17) is 4.74 Å². The fraction of sp³-hybridized carbons (Fsp3) is 0.357. The van der Waals surface area contributed by atoms with E-state index in [9.17, 15) is 13.6 Å². The van der Waals surface area contributed by atoms with Crippen molar-refractivity contribution in [2.75, 3.05) is 19.6 Å². The molecule has 2 N–H and O–H groups in total. The second kappa shape index (κ2) is 10.7.